The summed E-state index contributed by atoms with van der Waals surface area (Å²) in [5.74, 6) is 0. The van der Waals surface area contributed by atoms with Crippen LogP contribution in [0.5, 0.6) is 0 Å². The van der Waals surface area contributed by atoms with E-state index in [1.165, 1.54) is 17.2 Å². The van der Waals surface area contributed by atoms with E-state index in [9.17, 15) is 15.0 Å². The van der Waals surface area contributed by atoms with Crippen LogP contribution in [0, 0.1) is 0 Å². The van der Waals surface area contributed by atoms with Gasteiger partial charge in [0.2, 0.25) is 0 Å². The third-order valence-electron chi connectivity index (χ3n) is 3.87. The molecule has 26 heavy (non-hydrogen) atoms. The summed E-state index contributed by atoms with van der Waals surface area (Å²) in [6, 6.07) is 0. The standard InChI is InChI=1S/C10H12N4O5.C6H7N/c15-1-4-6(16)7(17)10(19-4)14-3-13-5-8(14)11-2-12-9(5)18;1-2-4-6-7-5-3-1/h2-4,6-7,10,15-17H,1H2,(H,11,12,18);1-7H/t4-,6-,7-,10-;/m1./s1. The van der Waals surface area contributed by atoms with E-state index in [2.05, 4.69) is 20.3 Å². The summed E-state index contributed by atoms with van der Waals surface area (Å²) in [7, 11) is 0. The van der Waals surface area contributed by atoms with Crippen molar-refractivity contribution in [3.8, 4) is 0 Å². The molecule has 0 bridgehead atoms. The highest BCUT2D eigenvalue weighted by Crippen LogP contribution is 2.30. The first-order valence-electron chi connectivity index (χ1n) is 7.90. The van der Waals surface area contributed by atoms with Gasteiger partial charge >= 0.3 is 0 Å². The Morgan fingerprint density at radius 1 is 1.12 bits per heavy atom. The maximum atomic E-state index is 11.5. The van der Waals surface area contributed by atoms with E-state index in [1.54, 1.807) is 0 Å². The molecule has 5 N–H and O–H groups in total. The summed E-state index contributed by atoms with van der Waals surface area (Å²) in [6.07, 6.45) is 9.79. The molecule has 138 valence electrons. The summed E-state index contributed by atoms with van der Waals surface area (Å²) in [5, 5.41) is 31.6. The Hall–Kier alpha value is -2.79. The van der Waals surface area contributed by atoms with E-state index < -0.39 is 36.7 Å². The molecule has 0 aromatic carbocycles. The molecular weight excluding hydrogens is 342 g/mol. The molecule has 4 atom stereocenters. The second kappa shape index (κ2) is 8.06. The summed E-state index contributed by atoms with van der Waals surface area (Å²) in [5.41, 5.74) is -0.0608. The van der Waals surface area contributed by atoms with Crippen LogP contribution in [-0.4, -0.2) is 59.8 Å². The zero-order valence-corrected chi connectivity index (χ0v) is 13.6. The number of hydrogen-bond donors (Lipinski definition) is 5. The molecule has 0 aliphatic carbocycles. The van der Waals surface area contributed by atoms with E-state index in [4.69, 9.17) is 9.84 Å². The van der Waals surface area contributed by atoms with Crippen LogP contribution in [0.25, 0.3) is 11.2 Å². The SMILES string of the molecule is C1=CC=CNC=C1.O=c1[nH]cnc2c1ncn2[C@@H]1O[C@H](CO)[C@@H](O)[C@H]1O. The molecule has 4 rings (SSSR count). The van der Waals surface area contributed by atoms with Crippen molar-refractivity contribution < 1.29 is 20.1 Å². The molecule has 2 aliphatic heterocycles. The largest absolute Gasteiger partial charge is 0.394 e. The first kappa shape index (κ1) is 18.0. The number of aromatic amines is 1. The molecule has 4 heterocycles. The smallest absolute Gasteiger partial charge is 0.278 e. The Morgan fingerprint density at radius 2 is 1.85 bits per heavy atom. The first-order valence-corrected chi connectivity index (χ1v) is 7.90. The number of allylic oxidation sites excluding steroid dienone is 4. The van der Waals surface area contributed by atoms with Gasteiger partial charge in [-0.3, -0.25) is 9.36 Å². The number of aliphatic hydroxyl groups excluding tert-OH is 3. The minimum absolute atomic E-state index is 0.111. The van der Waals surface area contributed by atoms with Crippen LogP contribution in [-0.2, 0) is 4.74 Å². The Balaban J connectivity index is 0.000000236. The number of rotatable bonds is 2. The van der Waals surface area contributed by atoms with Crippen molar-refractivity contribution in [1.29, 1.82) is 0 Å². The van der Waals surface area contributed by atoms with Crippen LogP contribution >= 0.6 is 0 Å². The summed E-state index contributed by atoms with van der Waals surface area (Å²) in [4.78, 5) is 21.8. The van der Waals surface area contributed by atoms with Gasteiger partial charge in [-0.25, -0.2) is 9.97 Å². The molecule has 2 aromatic rings. The lowest BCUT2D eigenvalue weighted by atomic mass is 10.1. The number of aromatic nitrogens is 4. The van der Waals surface area contributed by atoms with Crippen molar-refractivity contribution in [3.63, 3.8) is 0 Å². The number of imidazole rings is 1. The first-order chi connectivity index (χ1) is 12.6. The number of aliphatic hydroxyl groups is 3. The minimum Gasteiger partial charge on any atom is -0.394 e. The maximum absolute atomic E-state index is 11.5. The van der Waals surface area contributed by atoms with Crippen LogP contribution in [0.2, 0.25) is 0 Å². The molecular formula is C16H19N5O5. The van der Waals surface area contributed by atoms with Gasteiger partial charge in [0.05, 0.1) is 19.3 Å². The number of H-pyrrole nitrogens is 1. The molecule has 1 fully saturated rings. The Kier molecular flexibility index (Phi) is 5.58. The van der Waals surface area contributed by atoms with E-state index in [0.717, 1.165) is 0 Å². The zero-order valence-electron chi connectivity index (χ0n) is 13.6. The molecule has 2 aromatic heterocycles. The number of fused-ring (bicyclic) bond motifs is 1. The van der Waals surface area contributed by atoms with Gasteiger partial charge in [-0.1, -0.05) is 12.2 Å². The van der Waals surface area contributed by atoms with E-state index >= 15 is 0 Å². The lowest BCUT2D eigenvalue weighted by molar-refractivity contribution is -0.0511. The van der Waals surface area contributed by atoms with Gasteiger partial charge in [-0.2, -0.15) is 0 Å². The van der Waals surface area contributed by atoms with Crippen molar-refractivity contribution in [1.82, 2.24) is 24.8 Å². The Labute approximate surface area is 147 Å². The predicted octanol–water partition coefficient (Wildman–Crippen LogP) is -1.10. The third-order valence-corrected chi connectivity index (χ3v) is 3.87. The second-order valence-corrected chi connectivity index (χ2v) is 5.55. The number of ether oxygens (including phenoxy) is 1. The van der Waals surface area contributed by atoms with Gasteiger partial charge < -0.3 is 30.4 Å². The number of hydrogen-bond acceptors (Lipinski definition) is 8. The fourth-order valence-electron chi connectivity index (χ4n) is 2.57. The molecule has 0 spiro atoms. The highest BCUT2D eigenvalue weighted by Gasteiger charge is 2.43. The molecule has 1 saturated heterocycles. The molecule has 2 aliphatic rings. The highest BCUT2D eigenvalue weighted by atomic mass is 16.6. The number of nitrogens with one attached hydrogen (secondary N) is 2. The fraction of sp³-hybridized carbons (Fsp3) is 0.312. The van der Waals surface area contributed by atoms with Crippen LogP contribution < -0.4 is 10.9 Å². The Morgan fingerprint density at radius 3 is 2.50 bits per heavy atom. The van der Waals surface area contributed by atoms with Crippen molar-refractivity contribution in [3.05, 3.63) is 59.7 Å². The highest BCUT2D eigenvalue weighted by molar-refractivity contribution is 5.68. The quantitative estimate of drug-likeness (QED) is 0.453. The van der Waals surface area contributed by atoms with Crippen LogP contribution in [0.3, 0.4) is 0 Å². The average molecular weight is 361 g/mol. The van der Waals surface area contributed by atoms with Crippen LogP contribution in [0.15, 0.2) is 54.2 Å². The Bertz CT molecular complexity index is 873. The second-order valence-electron chi connectivity index (χ2n) is 5.55. The molecule has 0 unspecified atom stereocenters. The van der Waals surface area contributed by atoms with Crippen molar-refractivity contribution >= 4 is 11.2 Å². The summed E-state index contributed by atoms with van der Waals surface area (Å²) < 4.78 is 6.70. The fourth-order valence-corrected chi connectivity index (χ4v) is 2.57. The van der Waals surface area contributed by atoms with Gasteiger partial charge in [0, 0.05) is 12.4 Å². The maximum Gasteiger partial charge on any atom is 0.278 e. The topological polar surface area (TPSA) is 146 Å². The monoisotopic (exact) mass is 361 g/mol. The average Bonchev–Trinajstić information content (AvgIpc) is 3.03. The van der Waals surface area contributed by atoms with Gasteiger partial charge in [0.1, 0.15) is 18.3 Å². The van der Waals surface area contributed by atoms with E-state index in [1.807, 2.05) is 36.7 Å². The zero-order chi connectivity index (χ0) is 18.5. The molecule has 10 heteroatoms. The van der Waals surface area contributed by atoms with Crippen molar-refractivity contribution in [2.75, 3.05) is 6.61 Å². The normalized spacial score (nSPS) is 27.0. The lowest BCUT2D eigenvalue weighted by Crippen LogP contribution is -2.33. The summed E-state index contributed by atoms with van der Waals surface area (Å²) >= 11 is 0. The lowest BCUT2D eigenvalue weighted by Gasteiger charge is -2.16. The van der Waals surface area contributed by atoms with Crippen molar-refractivity contribution in [2.45, 2.75) is 24.5 Å². The molecule has 0 saturated carbocycles. The van der Waals surface area contributed by atoms with Crippen molar-refractivity contribution in [2.24, 2.45) is 0 Å². The molecule has 0 radical (unpaired) electrons. The predicted molar refractivity (Wildman–Crippen MR) is 91.7 cm³/mol. The van der Waals surface area contributed by atoms with E-state index in [-0.39, 0.29) is 11.2 Å². The molecule has 10 nitrogen and oxygen atoms in total. The van der Waals surface area contributed by atoms with Gasteiger partial charge in [0.15, 0.2) is 17.4 Å². The van der Waals surface area contributed by atoms with Gasteiger partial charge in [0.25, 0.3) is 5.56 Å². The summed E-state index contributed by atoms with van der Waals surface area (Å²) in [6.45, 7) is -0.421. The van der Waals surface area contributed by atoms with Gasteiger partial charge in [-0.15, -0.1) is 0 Å². The van der Waals surface area contributed by atoms with Crippen LogP contribution in [0.1, 0.15) is 6.23 Å². The third kappa shape index (κ3) is 3.58. The minimum atomic E-state index is -1.24. The number of nitrogens with zero attached hydrogens (tertiary/aromatic N) is 3. The van der Waals surface area contributed by atoms with Crippen LogP contribution in [0.4, 0.5) is 0 Å². The van der Waals surface area contributed by atoms with E-state index in [0.29, 0.717) is 0 Å². The van der Waals surface area contributed by atoms with Gasteiger partial charge in [-0.05, 0) is 12.2 Å². The molecule has 0 amide bonds.